The highest BCUT2D eigenvalue weighted by Gasteiger charge is 2.18. The van der Waals surface area contributed by atoms with Crippen molar-refractivity contribution in [2.75, 3.05) is 0 Å². The number of hydrogen-bond donors (Lipinski definition) is 1. The van der Waals surface area contributed by atoms with Gasteiger partial charge in [0.2, 0.25) is 0 Å². The molecule has 0 bridgehead atoms. The van der Waals surface area contributed by atoms with E-state index in [1.54, 1.807) is 13.2 Å². The molecule has 2 rings (SSSR count). The van der Waals surface area contributed by atoms with Crippen LogP contribution in [0.3, 0.4) is 0 Å². The molecule has 5 nitrogen and oxygen atoms in total. The van der Waals surface area contributed by atoms with Crippen LogP contribution in [0.5, 0.6) is 0 Å². The number of hydrogen-bond acceptors (Lipinski definition) is 3. The summed E-state index contributed by atoms with van der Waals surface area (Å²) in [5.74, 6) is 0.733. The second-order valence-electron chi connectivity index (χ2n) is 4.68. The molecule has 0 saturated heterocycles. The van der Waals surface area contributed by atoms with Gasteiger partial charge >= 0.3 is 0 Å². The van der Waals surface area contributed by atoms with Gasteiger partial charge in [-0.05, 0) is 0 Å². The fraction of sp³-hybridized carbons (Fsp3) is 0.500. The number of rotatable bonds is 0. The zero-order chi connectivity index (χ0) is 11.2. The highest BCUT2D eigenvalue weighted by atomic mass is 16.1. The van der Waals surface area contributed by atoms with Crippen LogP contribution in [0.25, 0.3) is 11.0 Å². The molecule has 0 aromatic carbocycles. The minimum Gasteiger partial charge on any atom is -0.278 e. The Morgan fingerprint density at radius 1 is 1.40 bits per heavy atom. The first-order valence-electron chi connectivity index (χ1n) is 4.82. The maximum absolute atomic E-state index is 11.5. The molecule has 0 aliphatic heterocycles. The van der Waals surface area contributed by atoms with E-state index < -0.39 is 0 Å². The summed E-state index contributed by atoms with van der Waals surface area (Å²) in [6.45, 7) is 6.11. The van der Waals surface area contributed by atoms with Gasteiger partial charge in [0.05, 0.1) is 0 Å². The summed E-state index contributed by atoms with van der Waals surface area (Å²) in [5.41, 5.74) is 0.397. The van der Waals surface area contributed by atoms with Gasteiger partial charge in [-0.3, -0.25) is 14.6 Å². The zero-order valence-corrected chi connectivity index (χ0v) is 9.33. The van der Waals surface area contributed by atoms with Crippen LogP contribution < -0.4 is 5.56 Å². The third-order valence-corrected chi connectivity index (χ3v) is 2.27. The summed E-state index contributed by atoms with van der Waals surface area (Å²) < 4.78 is 1.41. The van der Waals surface area contributed by atoms with Gasteiger partial charge in [0.25, 0.3) is 5.56 Å². The van der Waals surface area contributed by atoms with Crippen LogP contribution in [0.15, 0.2) is 11.0 Å². The van der Waals surface area contributed by atoms with Crippen LogP contribution in [0.2, 0.25) is 0 Å². The quantitative estimate of drug-likeness (QED) is 0.698. The number of aromatic nitrogens is 4. The van der Waals surface area contributed by atoms with Crippen molar-refractivity contribution in [3.8, 4) is 0 Å². The van der Waals surface area contributed by atoms with Crippen molar-refractivity contribution in [3.05, 3.63) is 22.4 Å². The molecule has 0 spiro atoms. The Morgan fingerprint density at radius 3 is 2.67 bits per heavy atom. The van der Waals surface area contributed by atoms with E-state index in [0.29, 0.717) is 11.0 Å². The Balaban J connectivity index is 2.73. The number of nitrogens with zero attached hydrogens (tertiary/aromatic N) is 3. The van der Waals surface area contributed by atoms with Crippen LogP contribution in [-0.4, -0.2) is 19.7 Å². The predicted molar refractivity (Wildman–Crippen MR) is 57.8 cm³/mol. The van der Waals surface area contributed by atoms with Gasteiger partial charge < -0.3 is 0 Å². The van der Waals surface area contributed by atoms with E-state index in [1.807, 2.05) is 20.8 Å². The molecule has 0 atom stereocenters. The normalized spacial score (nSPS) is 12.3. The van der Waals surface area contributed by atoms with Crippen LogP contribution in [0.4, 0.5) is 0 Å². The lowest BCUT2D eigenvalue weighted by atomic mass is 9.96. The first-order valence-corrected chi connectivity index (χ1v) is 4.82. The topological polar surface area (TPSA) is 63.6 Å². The lowest BCUT2D eigenvalue weighted by Crippen LogP contribution is -2.16. The molecule has 0 fully saturated rings. The number of aryl methyl sites for hydroxylation is 1. The van der Waals surface area contributed by atoms with Gasteiger partial charge in [-0.15, -0.1) is 0 Å². The fourth-order valence-corrected chi connectivity index (χ4v) is 1.38. The predicted octanol–water partition coefficient (Wildman–Crippen LogP) is 0.954. The molecular formula is C10H14N4O. The van der Waals surface area contributed by atoms with Crippen molar-refractivity contribution in [1.29, 1.82) is 0 Å². The van der Waals surface area contributed by atoms with E-state index in [4.69, 9.17) is 0 Å². The molecule has 0 unspecified atom stereocenters. The maximum atomic E-state index is 11.5. The van der Waals surface area contributed by atoms with Gasteiger partial charge in [-0.2, -0.15) is 0 Å². The molecule has 0 aliphatic rings. The van der Waals surface area contributed by atoms with E-state index in [2.05, 4.69) is 15.1 Å². The van der Waals surface area contributed by atoms with E-state index >= 15 is 0 Å². The summed E-state index contributed by atoms with van der Waals surface area (Å²) in [6.07, 6.45) is 1.59. The number of aromatic amines is 1. The van der Waals surface area contributed by atoms with E-state index in [1.165, 1.54) is 4.68 Å². The van der Waals surface area contributed by atoms with Crippen molar-refractivity contribution < 1.29 is 0 Å². The first kappa shape index (κ1) is 9.89. The monoisotopic (exact) mass is 206 g/mol. The molecule has 15 heavy (non-hydrogen) atoms. The van der Waals surface area contributed by atoms with Crippen molar-refractivity contribution >= 4 is 11.0 Å². The Hall–Kier alpha value is -1.65. The molecule has 2 aromatic rings. The minimum atomic E-state index is -0.110. The first-order chi connectivity index (χ1) is 6.89. The van der Waals surface area contributed by atoms with Gasteiger partial charge in [-0.25, -0.2) is 9.97 Å². The summed E-state index contributed by atoms with van der Waals surface area (Å²) in [5, 5.41) is 3.43. The smallest absolute Gasteiger partial charge is 0.277 e. The number of H-pyrrole nitrogens is 1. The van der Waals surface area contributed by atoms with Gasteiger partial charge in [0.15, 0.2) is 5.65 Å². The van der Waals surface area contributed by atoms with Crippen LogP contribution in [-0.2, 0) is 12.5 Å². The zero-order valence-electron chi connectivity index (χ0n) is 9.33. The summed E-state index contributed by atoms with van der Waals surface area (Å²) >= 11 is 0. The third kappa shape index (κ3) is 1.54. The molecule has 0 aliphatic carbocycles. The second-order valence-corrected chi connectivity index (χ2v) is 4.68. The minimum absolute atomic E-state index is 0.0922. The SMILES string of the molecule is Cn1[nH]c2nc(C(C)(C)C)ncc2c1=O. The molecule has 5 heteroatoms. The van der Waals surface area contributed by atoms with E-state index in [9.17, 15) is 4.79 Å². The van der Waals surface area contributed by atoms with Crippen LogP contribution in [0, 0.1) is 0 Å². The standard InChI is InChI=1S/C10H14N4O/c1-10(2,3)9-11-5-6-7(12-9)13-14(4)8(6)15/h5H,1-4H3,(H,11,12,13). The van der Waals surface area contributed by atoms with Crippen molar-refractivity contribution in [1.82, 2.24) is 19.7 Å². The Morgan fingerprint density at radius 2 is 2.07 bits per heavy atom. The van der Waals surface area contributed by atoms with Gasteiger partial charge in [-0.1, -0.05) is 20.8 Å². The van der Waals surface area contributed by atoms with Gasteiger partial charge in [0.1, 0.15) is 11.2 Å². The average Bonchev–Trinajstić information content (AvgIpc) is 2.41. The summed E-state index contributed by atoms with van der Waals surface area (Å²) in [4.78, 5) is 20.1. The summed E-state index contributed by atoms with van der Waals surface area (Å²) in [6, 6.07) is 0. The fourth-order valence-electron chi connectivity index (χ4n) is 1.38. The summed E-state index contributed by atoms with van der Waals surface area (Å²) in [7, 11) is 1.67. The van der Waals surface area contributed by atoms with Crippen LogP contribution in [0.1, 0.15) is 26.6 Å². The molecule has 0 amide bonds. The highest BCUT2D eigenvalue weighted by Crippen LogP contribution is 2.18. The third-order valence-electron chi connectivity index (χ3n) is 2.27. The number of fused-ring (bicyclic) bond motifs is 1. The Kier molecular flexibility index (Phi) is 1.92. The maximum Gasteiger partial charge on any atom is 0.277 e. The van der Waals surface area contributed by atoms with Crippen molar-refractivity contribution in [2.45, 2.75) is 26.2 Å². The molecule has 0 saturated carbocycles. The Labute approximate surface area is 87.1 Å². The molecular weight excluding hydrogens is 192 g/mol. The lowest BCUT2D eigenvalue weighted by Gasteiger charge is -2.15. The van der Waals surface area contributed by atoms with E-state index in [-0.39, 0.29) is 11.0 Å². The molecule has 2 heterocycles. The van der Waals surface area contributed by atoms with E-state index in [0.717, 1.165) is 5.82 Å². The molecule has 1 N–H and O–H groups in total. The van der Waals surface area contributed by atoms with Gasteiger partial charge in [0, 0.05) is 18.7 Å². The molecule has 2 aromatic heterocycles. The van der Waals surface area contributed by atoms with Crippen molar-refractivity contribution in [3.63, 3.8) is 0 Å². The highest BCUT2D eigenvalue weighted by molar-refractivity contribution is 5.72. The second kappa shape index (κ2) is 2.92. The average molecular weight is 206 g/mol. The molecule has 0 radical (unpaired) electrons. The number of nitrogens with one attached hydrogen (secondary N) is 1. The Bertz CT molecular complexity index is 559. The lowest BCUT2D eigenvalue weighted by molar-refractivity contribution is 0.547. The van der Waals surface area contributed by atoms with Crippen LogP contribution >= 0.6 is 0 Å². The largest absolute Gasteiger partial charge is 0.278 e. The van der Waals surface area contributed by atoms with Crippen molar-refractivity contribution in [2.24, 2.45) is 7.05 Å². The molecule has 80 valence electrons.